The van der Waals surface area contributed by atoms with Gasteiger partial charge in [0.2, 0.25) is 0 Å². The van der Waals surface area contributed by atoms with Crippen LogP contribution < -0.4 is 8.79 Å². The molecule has 31 heavy (non-hydrogen) atoms. The molecule has 1 aliphatic heterocycles. The molecule has 0 fully saturated rings. The van der Waals surface area contributed by atoms with Gasteiger partial charge in [-0.3, -0.25) is 0 Å². The van der Waals surface area contributed by atoms with Gasteiger partial charge in [0.1, 0.15) is 0 Å². The van der Waals surface area contributed by atoms with E-state index in [1.807, 2.05) is 36.4 Å². The van der Waals surface area contributed by atoms with Crippen molar-refractivity contribution in [3.63, 3.8) is 0 Å². The molecule has 0 radical (unpaired) electrons. The summed E-state index contributed by atoms with van der Waals surface area (Å²) in [7, 11) is 0. The second-order valence-electron chi connectivity index (χ2n) is 7.66. The minimum absolute atomic E-state index is 0.244. The average Bonchev–Trinajstić information content (AvgIpc) is 3.22. The van der Waals surface area contributed by atoms with E-state index in [-0.39, 0.29) is 11.6 Å². The van der Waals surface area contributed by atoms with Crippen LogP contribution in [0, 0.1) is 11.6 Å². The normalized spacial score (nSPS) is 14.8. The molecule has 0 nitrogen and oxygen atoms in total. The van der Waals surface area contributed by atoms with Gasteiger partial charge in [-0.05, 0) is 0 Å². The van der Waals surface area contributed by atoms with Gasteiger partial charge in [0.05, 0.1) is 0 Å². The Kier molecular flexibility index (Phi) is 5.16. The molecule has 0 N–H and O–H groups in total. The number of hydrogen-bond donors (Lipinski definition) is 0. The standard InChI is InChI=1S/C28H20F2Ge/c29-23-15-11-21(12-16-23)27-19-20-28(22-13-17-24(30)18-14-22)31(27,25-7-3-1-4-8-25)26-9-5-2-6-10-26/h1-20H. The summed E-state index contributed by atoms with van der Waals surface area (Å²) < 4.78 is 32.6. The average molecular weight is 467 g/mol. The van der Waals surface area contributed by atoms with Crippen molar-refractivity contribution >= 4 is 30.9 Å². The predicted molar refractivity (Wildman–Crippen MR) is 127 cm³/mol. The van der Waals surface area contributed by atoms with Crippen LogP contribution in [-0.4, -0.2) is 13.3 Å². The molecule has 0 saturated heterocycles. The second-order valence-corrected chi connectivity index (χ2v) is 15.5. The number of hydrogen-bond acceptors (Lipinski definition) is 0. The van der Waals surface area contributed by atoms with Crippen LogP contribution in [0.1, 0.15) is 11.1 Å². The Hall–Kier alpha value is -3.24. The number of halogens is 2. The van der Waals surface area contributed by atoms with Crippen molar-refractivity contribution in [2.24, 2.45) is 0 Å². The van der Waals surface area contributed by atoms with Gasteiger partial charge in [-0.2, -0.15) is 0 Å². The Morgan fingerprint density at radius 1 is 0.419 bits per heavy atom. The van der Waals surface area contributed by atoms with Gasteiger partial charge in [-0.1, -0.05) is 0 Å². The van der Waals surface area contributed by atoms with Gasteiger partial charge in [-0.15, -0.1) is 0 Å². The Labute approximate surface area is 183 Å². The van der Waals surface area contributed by atoms with E-state index < -0.39 is 13.3 Å². The van der Waals surface area contributed by atoms with Gasteiger partial charge in [0.25, 0.3) is 0 Å². The molecule has 4 aromatic carbocycles. The van der Waals surface area contributed by atoms with E-state index in [0.717, 1.165) is 11.1 Å². The van der Waals surface area contributed by atoms with E-state index in [1.165, 1.54) is 41.9 Å². The SMILES string of the molecule is Fc1ccc([C]2=CC=[C](c3ccc(F)cc3)[Ge]2([c]2ccccc2)[c]2ccccc2)cc1. The molecule has 150 valence electrons. The third kappa shape index (κ3) is 3.37. The van der Waals surface area contributed by atoms with Crippen LogP contribution in [0.5, 0.6) is 0 Å². The fourth-order valence-electron chi connectivity index (χ4n) is 4.61. The van der Waals surface area contributed by atoms with Gasteiger partial charge in [0.15, 0.2) is 0 Å². The van der Waals surface area contributed by atoms with Gasteiger partial charge in [0, 0.05) is 0 Å². The molecule has 0 bridgehead atoms. The second kappa shape index (κ2) is 8.12. The Morgan fingerprint density at radius 3 is 1.13 bits per heavy atom. The quantitative estimate of drug-likeness (QED) is 0.334. The van der Waals surface area contributed by atoms with Crippen LogP contribution in [0.2, 0.25) is 0 Å². The van der Waals surface area contributed by atoms with Crippen LogP contribution in [0.25, 0.3) is 8.81 Å². The molecule has 1 heterocycles. The third-order valence-corrected chi connectivity index (χ3v) is 16.3. The molecular weight excluding hydrogens is 447 g/mol. The summed E-state index contributed by atoms with van der Waals surface area (Å²) in [5, 5.41) is 0. The molecule has 0 saturated carbocycles. The molecule has 0 amide bonds. The zero-order chi connectivity index (χ0) is 21.3. The van der Waals surface area contributed by atoms with Crippen molar-refractivity contribution in [3.8, 4) is 0 Å². The van der Waals surface area contributed by atoms with Crippen molar-refractivity contribution in [3.05, 3.63) is 144 Å². The summed E-state index contributed by atoms with van der Waals surface area (Å²) >= 11 is -3.41. The van der Waals surface area contributed by atoms with Gasteiger partial charge < -0.3 is 0 Å². The fourth-order valence-corrected chi connectivity index (χ4v) is 15.3. The van der Waals surface area contributed by atoms with E-state index in [0.29, 0.717) is 0 Å². The zero-order valence-corrected chi connectivity index (χ0v) is 18.9. The predicted octanol–water partition coefficient (Wildman–Crippen LogP) is 5.79. The van der Waals surface area contributed by atoms with Crippen LogP contribution in [0.4, 0.5) is 8.78 Å². The van der Waals surface area contributed by atoms with Crippen LogP contribution in [0.15, 0.2) is 121 Å². The molecule has 0 unspecified atom stereocenters. The Bertz CT molecular complexity index is 1150. The molecular formula is C28H20F2Ge. The minimum atomic E-state index is -3.41. The maximum atomic E-state index is 13.7. The topological polar surface area (TPSA) is 0 Å². The first-order chi connectivity index (χ1) is 15.2. The Morgan fingerprint density at radius 2 is 0.774 bits per heavy atom. The first-order valence-electron chi connectivity index (χ1n) is 10.3. The third-order valence-electron chi connectivity index (χ3n) is 5.95. The van der Waals surface area contributed by atoms with E-state index in [1.54, 1.807) is 0 Å². The molecule has 0 atom stereocenters. The summed E-state index contributed by atoms with van der Waals surface area (Å²) in [4.78, 5) is 0. The van der Waals surface area contributed by atoms with Crippen molar-refractivity contribution in [1.29, 1.82) is 0 Å². The summed E-state index contributed by atoms with van der Waals surface area (Å²) in [6.45, 7) is 0. The van der Waals surface area contributed by atoms with E-state index in [4.69, 9.17) is 0 Å². The van der Waals surface area contributed by atoms with Crippen LogP contribution >= 0.6 is 0 Å². The number of benzene rings is 4. The maximum absolute atomic E-state index is 13.7. The Balaban J connectivity index is 1.83. The number of allylic oxidation sites excluding steroid dienone is 2. The van der Waals surface area contributed by atoms with E-state index >= 15 is 0 Å². The first-order valence-corrected chi connectivity index (χ1v) is 14.4. The van der Waals surface area contributed by atoms with Gasteiger partial charge >= 0.3 is 184 Å². The van der Waals surface area contributed by atoms with Crippen molar-refractivity contribution in [1.82, 2.24) is 0 Å². The molecule has 5 rings (SSSR count). The van der Waals surface area contributed by atoms with Gasteiger partial charge in [-0.25, -0.2) is 0 Å². The summed E-state index contributed by atoms with van der Waals surface area (Å²) in [6.07, 6.45) is 4.37. The van der Waals surface area contributed by atoms with E-state index in [2.05, 4.69) is 60.7 Å². The fraction of sp³-hybridized carbons (Fsp3) is 0. The van der Waals surface area contributed by atoms with Crippen molar-refractivity contribution in [2.75, 3.05) is 0 Å². The molecule has 4 aromatic rings. The molecule has 3 heteroatoms. The first kappa shape index (κ1) is 19.7. The molecule has 0 aliphatic carbocycles. The summed E-state index contributed by atoms with van der Waals surface area (Å²) in [5.41, 5.74) is 2.06. The van der Waals surface area contributed by atoms with E-state index in [9.17, 15) is 8.78 Å². The van der Waals surface area contributed by atoms with Crippen molar-refractivity contribution < 1.29 is 8.78 Å². The van der Waals surface area contributed by atoms with Crippen LogP contribution in [0.3, 0.4) is 0 Å². The zero-order valence-electron chi connectivity index (χ0n) is 16.8. The number of rotatable bonds is 4. The molecule has 1 aliphatic rings. The monoisotopic (exact) mass is 468 g/mol. The summed E-state index contributed by atoms with van der Waals surface area (Å²) in [5.74, 6) is -0.488. The van der Waals surface area contributed by atoms with Crippen molar-refractivity contribution in [2.45, 2.75) is 0 Å². The molecule has 0 aromatic heterocycles. The molecule has 0 spiro atoms. The van der Waals surface area contributed by atoms with Crippen LogP contribution in [-0.2, 0) is 0 Å². The summed E-state index contributed by atoms with van der Waals surface area (Å²) in [6, 6.07) is 34.7.